The Morgan fingerprint density at radius 1 is 0.222 bits per heavy atom. The predicted octanol–water partition coefficient (Wildman–Crippen LogP) is 15.8. The van der Waals surface area contributed by atoms with Crippen molar-refractivity contribution in [1.82, 2.24) is 0 Å². The van der Waals surface area contributed by atoms with Gasteiger partial charge in [-0.15, -0.1) is 0 Å². The van der Waals surface area contributed by atoms with Crippen molar-refractivity contribution in [3.05, 3.63) is 306 Å². The van der Waals surface area contributed by atoms with E-state index >= 15 is 0 Å². The van der Waals surface area contributed by atoms with E-state index in [2.05, 4.69) is 278 Å². The normalized spacial score (nSPS) is 13.3. The fourth-order valence-electron chi connectivity index (χ4n) is 10.6. The number of rotatable bonds is 9. The molecule has 1 heteroatoms. The Labute approximate surface area is 370 Å². The lowest BCUT2D eigenvalue weighted by Crippen LogP contribution is -2.54. The first-order chi connectivity index (χ1) is 31.3. The molecule has 1 nitrogen and oxygen atoms in total. The van der Waals surface area contributed by atoms with Gasteiger partial charge in [-0.1, -0.05) is 224 Å². The highest BCUT2D eigenvalue weighted by atomic mass is 15.1. The lowest BCUT2D eigenvalue weighted by molar-refractivity contribution is 0.415. The van der Waals surface area contributed by atoms with Gasteiger partial charge in [0.25, 0.3) is 0 Å². The van der Waals surface area contributed by atoms with Gasteiger partial charge in [0.15, 0.2) is 0 Å². The minimum Gasteiger partial charge on any atom is -0.310 e. The Bertz CT molecular complexity index is 3010. The van der Waals surface area contributed by atoms with Crippen LogP contribution in [0.4, 0.5) is 17.1 Å². The molecule has 10 aromatic carbocycles. The highest BCUT2D eigenvalue weighted by Gasteiger charge is 2.61. The van der Waals surface area contributed by atoms with Crippen LogP contribution in [0, 0.1) is 0 Å². The summed E-state index contributed by atoms with van der Waals surface area (Å²) in [5.74, 6) is 0. The number of para-hydroxylation sites is 2. The zero-order chi connectivity index (χ0) is 42.1. The second-order valence-electron chi connectivity index (χ2n) is 16.4. The molecule has 0 N–H and O–H groups in total. The Balaban J connectivity index is 1.24. The zero-order valence-corrected chi connectivity index (χ0v) is 34.9. The lowest BCUT2D eigenvalue weighted by atomic mass is 9.43. The standard InChI is InChI=1S/C62H45N/c1-8-24-46(25-9-1)48-42-49(44-56(43-48)63(54-34-18-6-19-35-54)55-36-20-7-21-37-55)47-40-41-60-58(45-47)57-38-22-23-39-59(57)61(50-26-10-2-11-27-50,51-28-12-3-13-29-51)62(60,52-30-14-4-15-31-52)53-32-16-5-17-33-53/h1-45H. The van der Waals surface area contributed by atoms with Crippen LogP contribution in [0.15, 0.2) is 273 Å². The summed E-state index contributed by atoms with van der Waals surface area (Å²) in [6.07, 6.45) is 0. The van der Waals surface area contributed by atoms with E-state index in [1.807, 2.05) is 0 Å². The smallest absolute Gasteiger partial charge is 0.0635 e. The maximum Gasteiger partial charge on any atom is 0.0635 e. The molecule has 0 spiro atoms. The molecule has 0 amide bonds. The topological polar surface area (TPSA) is 3.24 Å². The Hall–Kier alpha value is -8.00. The minimum atomic E-state index is -0.699. The summed E-state index contributed by atoms with van der Waals surface area (Å²) in [5, 5.41) is 0. The van der Waals surface area contributed by atoms with Crippen LogP contribution < -0.4 is 4.90 Å². The van der Waals surface area contributed by atoms with Gasteiger partial charge in [0, 0.05) is 17.1 Å². The second-order valence-corrected chi connectivity index (χ2v) is 16.4. The van der Waals surface area contributed by atoms with Gasteiger partial charge in [0.2, 0.25) is 0 Å². The molecule has 1 aliphatic rings. The van der Waals surface area contributed by atoms with Crippen molar-refractivity contribution in [2.75, 3.05) is 4.90 Å². The third-order valence-electron chi connectivity index (χ3n) is 13.1. The molecule has 0 saturated carbocycles. The van der Waals surface area contributed by atoms with Gasteiger partial charge >= 0.3 is 0 Å². The largest absolute Gasteiger partial charge is 0.310 e. The molecule has 0 heterocycles. The van der Waals surface area contributed by atoms with Gasteiger partial charge in [0.1, 0.15) is 0 Å². The molecular formula is C62H45N. The van der Waals surface area contributed by atoms with Gasteiger partial charge in [-0.3, -0.25) is 0 Å². The van der Waals surface area contributed by atoms with E-state index in [0.29, 0.717) is 0 Å². The molecule has 11 rings (SSSR count). The molecule has 298 valence electrons. The first-order valence-corrected chi connectivity index (χ1v) is 21.8. The monoisotopic (exact) mass is 803 g/mol. The highest BCUT2D eigenvalue weighted by Crippen LogP contribution is 2.65. The van der Waals surface area contributed by atoms with Crippen LogP contribution in [0.5, 0.6) is 0 Å². The predicted molar refractivity (Wildman–Crippen MR) is 263 cm³/mol. The summed E-state index contributed by atoms with van der Waals surface area (Å²) in [5.41, 5.74) is 16.5. The summed E-state index contributed by atoms with van der Waals surface area (Å²) in [4.78, 5) is 2.37. The number of anilines is 3. The van der Waals surface area contributed by atoms with Crippen molar-refractivity contribution in [1.29, 1.82) is 0 Å². The lowest BCUT2D eigenvalue weighted by Gasteiger charge is -2.57. The Morgan fingerprint density at radius 3 is 1.05 bits per heavy atom. The summed E-state index contributed by atoms with van der Waals surface area (Å²) < 4.78 is 0. The van der Waals surface area contributed by atoms with E-state index in [0.717, 1.165) is 33.8 Å². The molecule has 1 aliphatic carbocycles. The number of nitrogens with zero attached hydrogens (tertiary/aromatic N) is 1. The molecule has 0 unspecified atom stereocenters. The van der Waals surface area contributed by atoms with Crippen LogP contribution >= 0.6 is 0 Å². The fraction of sp³-hybridized carbons (Fsp3) is 0.0323. The van der Waals surface area contributed by atoms with Gasteiger partial charge in [-0.2, -0.15) is 0 Å². The average Bonchev–Trinajstić information content (AvgIpc) is 3.38. The van der Waals surface area contributed by atoms with Crippen molar-refractivity contribution >= 4 is 17.1 Å². The summed E-state index contributed by atoms with van der Waals surface area (Å²) in [6.45, 7) is 0. The number of fused-ring (bicyclic) bond motifs is 3. The first kappa shape index (κ1) is 38.0. The van der Waals surface area contributed by atoms with Gasteiger partial charge in [0.05, 0.1) is 10.8 Å². The first-order valence-electron chi connectivity index (χ1n) is 21.8. The van der Waals surface area contributed by atoms with Crippen LogP contribution in [0.3, 0.4) is 0 Å². The van der Waals surface area contributed by atoms with E-state index in [1.54, 1.807) is 0 Å². The number of hydrogen-bond donors (Lipinski definition) is 0. The summed E-state index contributed by atoms with van der Waals surface area (Å²) in [7, 11) is 0. The third-order valence-corrected chi connectivity index (χ3v) is 13.1. The highest BCUT2D eigenvalue weighted by molar-refractivity contribution is 5.90. The van der Waals surface area contributed by atoms with Gasteiger partial charge in [-0.05, 0) is 115 Å². The maximum atomic E-state index is 2.47. The molecule has 0 bridgehead atoms. The van der Waals surface area contributed by atoms with Crippen molar-refractivity contribution in [3.8, 4) is 33.4 Å². The Morgan fingerprint density at radius 2 is 0.587 bits per heavy atom. The number of benzene rings is 10. The van der Waals surface area contributed by atoms with E-state index in [-0.39, 0.29) is 0 Å². The molecule has 63 heavy (non-hydrogen) atoms. The van der Waals surface area contributed by atoms with Crippen LogP contribution in [0.25, 0.3) is 33.4 Å². The third kappa shape index (κ3) is 6.24. The van der Waals surface area contributed by atoms with Crippen molar-refractivity contribution < 1.29 is 0 Å². The molecule has 0 aromatic heterocycles. The summed E-state index contributed by atoms with van der Waals surface area (Å²) in [6, 6.07) is 101. The minimum absolute atomic E-state index is 0.671. The summed E-state index contributed by atoms with van der Waals surface area (Å²) >= 11 is 0. The number of hydrogen-bond acceptors (Lipinski definition) is 1. The van der Waals surface area contributed by atoms with E-state index in [9.17, 15) is 0 Å². The van der Waals surface area contributed by atoms with E-state index < -0.39 is 10.8 Å². The molecule has 0 aliphatic heterocycles. The molecule has 10 aromatic rings. The zero-order valence-electron chi connectivity index (χ0n) is 34.9. The van der Waals surface area contributed by atoms with Crippen LogP contribution in [-0.4, -0.2) is 0 Å². The van der Waals surface area contributed by atoms with E-state index in [1.165, 1.54) is 50.1 Å². The quantitative estimate of drug-likeness (QED) is 0.140. The van der Waals surface area contributed by atoms with Crippen LogP contribution in [0.2, 0.25) is 0 Å². The average molecular weight is 804 g/mol. The fourth-order valence-corrected chi connectivity index (χ4v) is 10.6. The molecule has 0 fully saturated rings. The second kappa shape index (κ2) is 16.1. The van der Waals surface area contributed by atoms with Crippen LogP contribution in [-0.2, 0) is 10.8 Å². The van der Waals surface area contributed by atoms with Crippen LogP contribution in [0.1, 0.15) is 33.4 Å². The maximum absolute atomic E-state index is 2.47. The molecule has 0 radical (unpaired) electrons. The molecule has 0 saturated heterocycles. The van der Waals surface area contributed by atoms with Crippen molar-refractivity contribution in [2.45, 2.75) is 10.8 Å². The van der Waals surface area contributed by atoms with Gasteiger partial charge in [-0.25, -0.2) is 0 Å². The van der Waals surface area contributed by atoms with Crippen molar-refractivity contribution in [2.24, 2.45) is 0 Å². The Kier molecular flexibility index (Phi) is 9.71. The van der Waals surface area contributed by atoms with E-state index in [4.69, 9.17) is 0 Å². The van der Waals surface area contributed by atoms with Gasteiger partial charge < -0.3 is 4.90 Å². The van der Waals surface area contributed by atoms with Crippen molar-refractivity contribution in [3.63, 3.8) is 0 Å². The SMILES string of the molecule is c1ccc(-c2cc(-c3ccc4c(c3)-c3ccccc3C(c3ccccc3)(c3ccccc3)C4(c3ccccc3)c3ccccc3)cc(N(c3ccccc3)c3ccccc3)c2)cc1. The molecular weight excluding hydrogens is 759 g/mol. The molecule has 0 atom stereocenters.